The van der Waals surface area contributed by atoms with Gasteiger partial charge < -0.3 is 5.32 Å². The van der Waals surface area contributed by atoms with Gasteiger partial charge in [0.25, 0.3) is 12.9 Å². The maximum Gasteiger partial charge on any atom is 0.280 e. The Bertz CT molecular complexity index is 1250. The van der Waals surface area contributed by atoms with E-state index in [-0.39, 0.29) is 17.1 Å². The first-order valence-corrected chi connectivity index (χ1v) is 9.61. The number of aryl methyl sites for hydroxylation is 2. The van der Waals surface area contributed by atoms with Crippen LogP contribution in [0.25, 0.3) is 17.1 Å². The van der Waals surface area contributed by atoms with E-state index in [4.69, 9.17) is 0 Å². The average molecular weight is 445 g/mol. The number of halogens is 4. The Balaban J connectivity index is 1.65. The van der Waals surface area contributed by atoms with Crippen molar-refractivity contribution in [2.75, 3.05) is 5.32 Å². The minimum atomic E-state index is -2.71. The quantitative estimate of drug-likeness (QED) is 0.408. The van der Waals surface area contributed by atoms with Crippen LogP contribution in [0, 0.1) is 13.8 Å². The number of benzene rings is 1. The van der Waals surface area contributed by atoms with E-state index in [2.05, 4.69) is 25.5 Å². The molecule has 0 spiro atoms. The molecule has 0 aliphatic heterocycles. The van der Waals surface area contributed by atoms with Crippen molar-refractivity contribution in [3.8, 4) is 17.1 Å². The van der Waals surface area contributed by atoms with Gasteiger partial charge in [0.05, 0.1) is 11.4 Å². The molecule has 0 aliphatic carbocycles. The molecular weight excluding hydrogens is 426 g/mol. The summed E-state index contributed by atoms with van der Waals surface area (Å²) in [5.41, 5.74) is 2.35. The fourth-order valence-electron chi connectivity index (χ4n) is 3.45. The fourth-order valence-corrected chi connectivity index (χ4v) is 3.45. The molecule has 0 radical (unpaired) electrons. The normalized spacial score (nSPS) is 11.5. The van der Waals surface area contributed by atoms with Crippen LogP contribution >= 0.6 is 0 Å². The minimum Gasteiger partial charge on any atom is -0.323 e. The number of hydrogen-bond donors (Lipinski definition) is 1. The Morgan fingerprint density at radius 2 is 1.62 bits per heavy atom. The summed E-state index contributed by atoms with van der Waals surface area (Å²) in [6.07, 6.45) is -4.00. The second kappa shape index (κ2) is 8.40. The van der Waals surface area contributed by atoms with Crippen molar-refractivity contribution >= 4 is 11.6 Å². The highest BCUT2D eigenvalue weighted by Gasteiger charge is 2.19. The monoisotopic (exact) mass is 445 g/mol. The Hall–Kier alpha value is -3.76. The van der Waals surface area contributed by atoms with E-state index in [1.165, 1.54) is 30.6 Å². The molecule has 0 aliphatic rings. The van der Waals surface area contributed by atoms with Crippen LogP contribution in [0.4, 0.5) is 29.2 Å². The van der Waals surface area contributed by atoms with Crippen molar-refractivity contribution < 1.29 is 17.6 Å². The van der Waals surface area contributed by atoms with Crippen molar-refractivity contribution in [3.63, 3.8) is 0 Å². The predicted octanol–water partition coefficient (Wildman–Crippen LogP) is 5.30. The molecule has 3 aromatic heterocycles. The fraction of sp³-hybridized carbons (Fsp3) is 0.238. The molecule has 0 amide bonds. The molecule has 0 unspecified atom stereocenters. The number of rotatable bonds is 6. The number of anilines is 2. The van der Waals surface area contributed by atoms with Gasteiger partial charge in [-0.25, -0.2) is 32.2 Å². The average Bonchev–Trinajstić information content (AvgIpc) is 3.28. The summed E-state index contributed by atoms with van der Waals surface area (Å²) < 4.78 is 55.1. The summed E-state index contributed by atoms with van der Waals surface area (Å²) in [6.45, 7) is 3.45. The lowest BCUT2D eigenvalue weighted by Crippen LogP contribution is -2.06. The van der Waals surface area contributed by atoms with Crippen molar-refractivity contribution in [3.05, 3.63) is 65.2 Å². The van der Waals surface area contributed by atoms with Gasteiger partial charge in [0, 0.05) is 29.8 Å². The molecule has 11 heteroatoms. The van der Waals surface area contributed by atoms with Crippen LogP contribution < -0.4 is 5.32 Å². The molecule has 1 N–H and O–H groups in total. The van der Waals surface area contributed by atoms with Crippen LogP contribution in [-0.2, 0) is 7.05 Å². The summed E-state index contributed by atoms with van der Waals surface area (Å²) in [6, 6.07) is 8.78. The van der Waals surface area contributed by atoms with Gasteiger partial charge in [-0.2, -0.15) is 10.2 Å². The second-order valence-electron chi connectivity index (χ2n) is 7.18. The highest BCUT2D eigenvalue weighted by Crippen LogP contribution is 2.31. The van der Waals surface area contributed by atoms with Crippen molar-refractivity contribution in [2.45, 2.75) is 26.7 Å². The highest BCUT2D eigenvalue weighted by atomic mass is 19.3. The molecule has 0 bridgehead atoms. The van der Waals surface area contributed by atoms with Gasteiger partial charge in [0.15, 0.2) is 11.6 Å². The van der Waals surface area contributed by atoms with Crippen LogP contribution in [0.15, 0.2) is 42.7 Å². The third-order valence-corrected chi connectivity index (χ3v) is 4.92. The van der Waals surface area contributed by atoms with Crippen molar-refractivity contribution in [1.82, 2.24) is 29.5 Å². The lowest BCUT2D eigenvalue weighted by molar-refractivity contribution is 0.142. The van der Waals surface area contributed by atoms with E-state index in [1.54, 1.807) is 30.8 Å². The Kier molecular flexibility index (Phi) is 5.64. The zero-order valence-electron chi connectivity index (χ0n) is 17.4. The SMILES string of the molecule is Cc1cc(C(F)F)n(-c2cc(Nc3nn(C)c(-c4ccc(C(F)F)cc4)c3C)ncn2)n1. The number of alkyl halides is 4. The zero-order chi connectivity index (χ0) is 23.0. The topological polar surface area (TPSA) is 73.5 Å². The molecule has 0 saturated heterocycles. The molecular formula is C21H19F4N7. The van der Waals surface area contributed by atoms with Crippen LogP contribution in [0.1, 0.15) is 35.4 Å². The van der Waals surface area contributed by atoms with Crippen LogP contribution in [0.5, 0.6) is 0 Å². The largest absolute Gasteiger partial charge is 0.323 e. The van der Waals surface area contributed by atoms with Gasteiger partial charge >= 0.3 is 0 Å². The van der Waals surface area contributed by atoms with E-state index < -0.39 is 12.9 Å². The summed E-state index contributed by atoms with van der Waals surface area (Å²) in [4.78, 5) is 8.19. The van der Waals surface area contributed by atoms with Gasteiger partial charge in [-0.1, -0.05) is 24.3 Å². The summed E-state index contributed by atoms with van der Waals surface area (Å²) in [5, 5.41) is 11.6. The third kappa shape index (κ3) is 4.05. The van der Waals surface area contributed by atoms with Gasteiger partial charge in [-0.05, 0) is 19.9 Å². The lowest BCUT2D eigenvalue weighted by Gasteiger charge is -2.08. The van der Waals surface area contributed by atoms with Crippen LogP contribution in [-0.4, -0.2) is 29.5 Å². The molecule has 4 aromatic rings. The van der Waals surface area contributed by atoms with E-state index in [1.807, 2.05) is 6.92 Å². The second-order valence-corrected chi connectivity index (χ2v) is 7.18. The predicted molar refractivity (Wildman–Crippen MR) is 110 cm³/mol. The van der Waals surface area contributed by atoms with Crippen LogP contribution in [0.2, 0.25) is 0 Å². The van der Waals surface area contributed by atoms with Gasteiger partial charge in [-0.3, -0.25) is 4.68 Å². The maximum absolute atomic E-state index is 13.3. The molecule has 7 nitrogen and oxygen atoms in total. The van der Waals surface area contributed by atoms with E-state index in [9.17, 15) is 17.6 Å². The van der Waals surface area contributed by atoms with E-state index >= 15 is 0 Å². The molecule has 3 heterocycles. The van der Waals surface area contributed by atoms with Gasteiger partial charge in [0.2, 0.25) is 0 Å². The number of nitrogens with one attached hydrogen (secondary N) is 1. The van der Waals surface area contributed by atoms with Gasteiger partial charge in [0.1, 0.15) is 17.8 Å². The Morgan fingerprint density at radius 3 is 2.28 bits per heavy atom. The van der Waals surface area contributed by atoms with Crippen molar-refractivity contribution in [1.29, 1.82) is 0 Å². The molecule has 0 fully saturated rings. The minimum absolute atomic E-state index is 0.0579. The summed E-state index contributed by atoms with van der Waals surface area (Å²) in [7, 11) is 1.74. The smallest absolute Gasteiger partial charge is 0.280 e. The van der Waals surface area contributed by atoms with Crippen LogP contribution in [0.3, 0.4) is 0 Å². The lowest BCUT2D eigenvalue weighted by atomic mass is 10.1. The molecule has 1 aromatic carbocycles. The number of aromatic nitrogens is 6. The molecule has 0 atom stereocenters. The summed E-state index contributed by atoms with van der Waals surface area (Å²) >= 11 is 0. The Morgan fingerprint density at radius 1 is 0.906 bits per heavy atom. The highest BCUT2D eigenvalue weighted by molar-refractivity contribution is 5.71. The van der Waals surface area contributed by atoms with E-state index in [0.717, 1.165) is 21.5 Å². The standard InChI is InChI=1S/C21H19F4N7/c1-11-8-15(20(24)25)32(29-11)17-9-16(26-10-27-17)28-21-12(2)18(31(3)30-21)13-4-6-14(7-5-13)19(22)23/h4-10,19-20H,1-3H3,(H,26,27,28,30). The number of hydrogen-bond acceptors (Lipinski definition) is 5. The maximum atomic E-state index is 13.3. The molecule has 0 saturated carbocycles. The zero-order valence-corrected chi connectivity index (χ0v) is 17.4. The number of nitrogens with zero attached hydrogens (tertiary/aromatic N) is 6. The Labute approximate surface area is 180 Å². The first-order chi connectivity index (χ1) is 15.2. The van der Waals surface area contributed by atoms with Crippen molar-refractivity contribution in [2.24, 2.45) is 7.05 Å². The molecule has 4 rings (SSSR count). The third-order valence-electron chi connectivity index (χ3n) is 4.92. The first-order valence-electron chi connectivity index (χ1n) is 9.61. The van der Waals surface area contributed by atoms with E-state index in [0.29, 0.717) is 17.3 Å². The first kappa shape index (κ1) is 21.5. The molecule has 32 heavy (non-hydrogen) atoms. The summed E-state index contributed by atoms with van der Waals surface area (Å²) in [5.74, 6) is 1.00. The van der Waals surface area contributed by atoms with Gasteiger partial charge in [-0.15, -0.1) is 0 Å². The molecule has 166 valence electrons.